The lowest BCUT2D eigenvalue weighted by molar-refractivity contribution is -0.143. The van der Waals surface area contributed by atoms with Gasteiger partial charge in [0.25, 0.3) is 0 Å². The number of carbonyl (C=O) groups is 1. The van der Waals surface area contributed by atoms with Crippen molar-refractivity contribution >= 4 is 29.0 Å². The van der Waals surface area contributed by atoms with Crippen LogP contribution < -0.4 is 4.74 Å². The number of fused-ring (bicyclic) bond motifs is 2. The molecule has 3 aromatic carbocycles. The van der Waals surface area contributed by atoms with E-state index in [4.69, 9.17) is 12.5 Å². The minimum atomic E-state index is -0.248. The summed E-state index contributed by atoms with van der Waals surface area (Å²) in [5.41, 5.74) is 6.55. The second kappa shape index (κ2) is 10.8. The molecule has 0 aliphatic heterocycles. The number of halogens is 2. The smallest absolute Gasteiger partial charge is 0.319 e. The van der Waals surface area contributed by atoms with E-state index < -0.39 is 0 Å². The highest BCUT2D eigenvalue weighted by molar-refractivity contribution is 14.1. The average Bonchev–Trinajstić information content (AvgIpc) is 3.29. The summed E-state index contributed by atoms with van der Waals surface area (Å²) >= 11 is 1.70. The maximum atomic E-state index is 15.0. The third-order valence-electron chi connectivity index (χ3n) is 8.60. The van der Waals surface area contributed by atoms with Crippen LogP contribution in [0.5, 0.6) is 5.75 Å². The van der Waals surface area contributed by atoms with Crippen molar-refractivity contribution in [1.82, 2.24) is 0 Å². The first kappa shape index (κ1) is 28.1. The molecular formula is C33H36FIO4. The number of rotatable bonds is 7. The van der Waals surface area contributed by atoms with Crippen molar-refractivity contribution in [3.05, 3.63) is 88.2 Å². The molecule has 0 bridgehead atoms. The number of ether oxygens (including phenoxy) is 2. The van der Waals surface area contributed by atoms with Gasteiger partial charge in [-0.05, 0) is 96.2 Å². The molecule has 0 aromatic heterocycles. The monoisotopic (exact) mass is 642 g/mol. The van der Waals surface area contributed by atoms with E-state index in [9.17, 15) is 9.18 Å². The molecule has 206 valence electrons. The Kier molecular flexibility index (Phi) is 7.81. The van der Waals surface area contributed by atoms with Crippen LogP contribution in [0.1, 0.15) is 74.0 Å². The molecule has 0 saturated heterocycles. The van der Waals surface area contributed by atoms with E-state index >= 15 is 0 Å². The molecule has 4 nitrogen and oxygen atoms in total. The Morgan fingerprint density at radius 3 is 2.54 bits per heavy atom. The normalized spacial score (nSPS) is 20.8. The summed E-state index contributed by atoms with van der Waals surface area (Å²) in [5.74, 6) is 0.344. The summed E-state index contributed by atoms with van der Waals surface area (Å²) in [4.78, 5) is 12.4. The Morgan fingerprint density at radius 2 is 1.87 bits per heavy atom. The van der Waals surface area contributed by atoms with Gasteiger partial charge in [0.05, 0.1) is 12.0 Å². The fourth-order valence-corrected chi connectivity index (χ4v) is 6.91. The summed E-state index contributed by atoms with van der Waals surface area (Å²) in [7, 11) is 1.71. The fourth-order valence-electron chi connectivity index (χ4n) is 6.60. The van der Waals surface area contributed by atoms with Crippen LogP contribution in [0.25, 0.3) is 11.1 Å². The molecule has 39 heavy (non-hydrogen) atoms. The van der Waals surface area contributed by atoms with Crippen molar-refractivity contribution in [2.24, 2.45) is 11.3 Å². The number of benzene rings is 3. The first-order chi connectivity index (χ1) is 18.6. The maximum Gasteiger partial charge on any atom is 0.319 e. The van der Waals surface area contributed by atoms with Gasteiger partial charge in [-0.15, -0.1) is 0 Å². The third kappa shape index (κ3) is 5.22. The molecule has 3 atom stereocenters. The van der Waals surface area contributed by atoms with Gasteiger partial charge in [-0.2, -0.15) is 0 Å². The van der Waals surface area contributed by atoms with E-state index in [1.54, 1.807) is 36.2 Å². The van der Waals surface area contributed by atoms with Crippen LogP contribution >= 0.6 is 23.0 Å². The van der Waals surface area contributed by atoms with Crippen molar-refractivity contribution in [3.8, 4) is 16.9 Å². The SMILES string of the molecule is CO[C@@H](c1cc(COc2ccc3c(c2)[C@]2(CC3)CC[C@@H]2C(=O)OI)ccc1-c1cc(C)ccc1F)C(C)(C)C. The van der Waals surface area contributed by atoms with Gasteiger partial charge in [-0.1, -0.05) is 50.6 Å². The Hall–Kier alpha value is -2.45. The minimum absolute atomic E-state index is 0.0774. The molecule has 1 spiro atoms. The Balaban J connectivity index is 1.44. The molecule has 3 aromatic rings. The average molecular weight is 643 g/mol. The van der Waals surface area contributed by atoms with Crippen molar-refractivity contribution in [2.45, 2.75) is 71.5 Å². The van der Waals surface area contributed by atoms with Gasteiger partial charge in [0.15, 0.2) is 23.0 Å². The topological polar surface area (TPSA) is 44.8 Å². The molecule has 6 heteroatoms. The Labute approximate surface area is 244 Å². The molecule has 0 radical (unpaired) electrons. The third-order valence-corrected chi connectivity index (χ3v) is 9.04. The highest BCUT2D eigenvalue weighted by Gasteiger charge is 2.55. The molecule has 2 aliphatic carbocycles. The lowest BCUT2D eigenvalue weighted by atomic mass is 9.57. The van der Waals surface area contributed by atoms with Crippen LogP contribution in [0.3, 0.4) is 0 Å². The van der Waals surface area contributed by atoms with Gasteiger partial charge in [0, 0.05) is 18.1 Å². The molecule has 1 fully saturated rings. The van der Waals surface area contributed by atoms with E-state index in [1.165, 1.54) is 17.2 Å². The summed E-state index contributed by atoms with van der Waals surface area (Å²) in [6.45, 7) is 8.73. The lowest BCUT2D eigenvalue weighted by Crippen LogP contribution is -2.47. The summed E-state index contributed by atoms with van der Waals surface area (Å²) in [6.07, 6.45) is 3.60. The van der Waals surface area contributed by atoms with E-state index in [0.717, 1.165) is 53.7 Å². The molecule has 0 unspecified atom stereocenters. The predicted octanol–water partition coefficient (Wildman–Crippen LogP) is 8.60. The lowest BCUT2D eigenvalue weighted by Gasteiger charge is -2.46. The van der Waals surface area contributed by atoms with E-state index in [0.29, 0.717) is 12.2 Å². The number of aryl methyl sites for hydroxylation is 2. The molecule has 0 heterocycles. The Morgan fingerprint density at radius 1 is 1.08 bits per heavy atom. The molecule has 1 saturated carbocycles. The van der Waals surface area contributed by atoms with Gasteiger partial charge in [-0.25, -0.2) is 4.39 Å². The molecular weight excluding hydrogens is 606 g/mol. The number of hydrogen-bond acceptors (Lipinski definition) is 4. The second-order valence-electron chi connectivity index (χ2n) is 12.1. The van der Waals surface area contributed by atoms with Crippen LogP contribution in [-0.2, 0) is 31.0 Å². The van der Waals surface area contributed by atoms with Crippen LogP contribution in [0.2, 0.25) is 0 Å². The highest BCUT2D eigenvalue weighted by Crippen LogP contribution is 2.57. The van der Waals surface area contributed by atoms with Gasteiger partial charge < -0.3 is 12.5 Å². The van der Waals surface area contributed by atoms with Crippen LogP contribution in [-0.4, -0.2) is 13.1 Å². The number of carbonyl (C=O) groups excluding carboxylic acids is 1. The summed E-state index contributed by atoms with van der Waals surface area (Å²) in [5, 5.41) is 0. The summed E-state index contributed by atoms with van der Waals surface area (Å²) < 4.78 is 32.3. The molecule has 0 N–H and O–H groups in total. The second-order valence-corrected chi connectivity index (χ2v) is 12.6. The molecule has 2 aliphatic rings. The number of methoxy groups -OCH3 is 1. The quantitative estimate of drug-likeness (QED) is 0.242. The zero-order valence-electron chi connectivity index (χ0n) is 23.3. The summed E-state index contributed by atoms with van der Waals surface area (Å²) in [6, 6.07) is 17.6. The minimum Gasteiger partial charge on any atom is -0.489 e. The van der Waals surface area contributed by atoms with Crippen molar-refractivity contribution < 1.29 is 21.7 Å². The van der Waals surface area contributed by atoms with Crippen molar-refractivity contribution in [1.29, 1.82) is 0 Å². The van der Waals surface area contributed by atoms with E-state index in [-0.39, 0.29) is 34.6 Å². The van der Waals surface area contributed by atoms with Gasteiger partial charge in [-0.3, -0.25) is 4.79 Å². The van der Waals surface area contributed by atoms with Crippen molar-refractivity contribution in [3.63, 3.8) is 0 Å². The van der Waals surface area contributed by atoms with Gasteiger partial charge in [0.1, 0.15) is 18.2 Å². The largest absolute Gasteiger partial charge is 0.489 e. The van der Waals surface area contributed by atoms with E-state index in [2.05, 4.69) is 39.0 Å². The first-order valence-corrected chi connectivity index (χ1v) is 14.5. The van der Waals surface area contributed by atoms with E-state index in [1.807, 2.05) is 31.2 Å². The fraction of sp³-hybridized carbons (Fsp3) is 0.424. The van der Waals surface area contributed by atoms with Crippen molar-refractivity contribution in [2.75, 3.05) is 7.11 Å². The molecule has 5 rings (SSSR count). The van der Waals surface area contributed by atoms with Gasteiger partial charge in [0.2, 0.25) is 0 Å². The molecule has 0 amide bonds. The van der Waals surface area contributed by atoms with Crippen LogP contribution in [0, 0.1) is 24.1 Å². The standard InChI is InChI=1S/C33H36FIO4/c1-20-6-11-29(34)25(16-20)24-10-7-21(17-26(24)30(37-5)32(2,3)4)19-38-23-9-8-22-12-14-33(28(22)18-23)15-13-27(33)31(36)39-35/h6-11,16-18,27,30H,12-15,19H2,1-5H3/t27-,30+,33-/m1/s1. The number of hydrogen-bond donors (Lipinski definition) is 0. The van der Waals surface area contributed by atoms with Gasteiger partial charge >= 0.3 is 5.97 Å². The first-order valence-electron chi connectivity index (χ1n) is 13.6. The maximum absolute atomic E-state index is 15.0. The predicted molar refractivity (Wildman–Crippen MR) is 159 cm³/mol. The zero-order valence-corrected chi connectivity index (χ0v) is 25.4. The zero-order chi connectivity index (χ0) is 27.9. The van der Waals surface area contributed by atoms with Crippen LogP contribution in [0.4, 0.5) is 4.39 Å². The highest BCUT2D eigenvalue weighted by atomic mass is 127. The van der Waals surface area contributed by atoms with Crippen LogP contribution in [0.15, 0.2) is 54.6 Å². The Bertz CT molecular complexity index is 1390.